The molecule has 0 bridgehead atoms. The minimum Gasteiger partial charge on any atom is -0.465 e. The number of hydrogen-bond donors (Lipinski definition) is 0. The highest BCUT2D eigenvalue weighted by Gasteiger charge is 2.30. The summed E-state index contributed by atoms with van der Waals surface area (Å²) in [6.07, 6.45) is 4.80. The van der Waals surface area contributed by atoms with E-state index in [1.165, 1.54) is 6.08 Å². The maximum Gasteiger partial charge on any atom is 0.246 e. The number of nitrogens with zero attached hydrogens (tertiary/aromatic N) is 3. The molecule has 1 atom stereocenters. The van der Waals surface area contributed by atoms with Crippen LogP contribution < -0.4 is 0 Å². The molecule has 1 aromatic rings. The molecular weight excluding hydrogens is 322 g/mol. The number of piperazine rings is 1. The molecule has 0 aromatic carbocycles. The van der Waals surface area contributed by atoms with Crippen LogP contribution in [0, 0.1) is 0 Å². The molecule has 0 unspecified atom stereocenters. The van der Waals surface area contributed by atoms with Crippen LogP contribution in [0.1, 0.15) is 12.7 Å². The molecule has 2 amide bonds. The molecule has 2 aliphatic heterocycles. The first-order chi connectivity index (χ1) is 12.1. The molecule has 136 valence electrons. The third-order valence-corrected chi connectivity index (χ3v) is 4.79. The van der Waals surface area contributed by atoms with Crippen molar-refractivity contribution in [3.8, 4) is 0 Å². The number of rotatable bonds is 4. The van der Waals surface area contributed by atoms with Crippen molar-refractivity contribution in [3.05, 3.63) is 30.2 Å². The summed E-state index contributed by atoms with van der Waals surface area (Å²) < 4.78 is 10.5. The quantitative estimate of drug-likeness (QED) is 0.750. The number of ether oxygens (including phenoxy) is 1. The highest BCUT2D eigenvalue weighted by atomic mass is 16.5. The zero-order valence-corrected chi connectivity index (χ0v) is 14.6. The van der Waals surface area contributed by atoms with Crippen LogP contribution in [0.2, 0.25) is 0 Å². The van der Waals surface area contributed by atoms with Gasteiger partial charge >= 0.3 is 0 Å². The Morgan fingerprint density at radius 2 is 1.80 bits per heavy atom. The third kappa shape index (κ3) is 4.49. The van der Waals surface area contributed by atoms with Crippen LogP contribution in [0.15, 0.2) is 28.9 Å². The Hall–Kier alpha value is -2.12. The first-order valence-electron chi connectivity index (χ1n) is 8.76. The Balaban J connectivity index is 1.47. The van der Waals surface area contributed by atoms with Crippen molar-refractivity contribution < 1.29 is 18.7 Å². The van der Waals surface area contributed by atoms with E-state index >= 15 is 0 Å². The standard InChI is InChI=1S/C18H25N3O4/c1-15(18(23)21-10-13-24-14-11-21)19-6-8-20(9-7-19)17(22)5-4-16-3-2-12-25-16/h2-5,12,15H,6-11,13-14H2,1H3/b5-4-/t15-/m0/s1. The Bertz CT molecular complexity index is 600. The van der Waals surface area contributed by atoms with Crippen LogP contribution in [0.5, 0.6) is 0 Å². The van der Waals surface area contributed by atoms with Gasteiger partial charge in [0.2, 0.25) is 11.8 Å². The third-order valence-electron chi connectivity index (χ3n) is 4.79. The van der Waals surface area contributed by atoms with Gasteiger partial charge in [-0.1, -0.05) is 0 Å². The van der Waals surface area contributed by atoms with E-state index in [-0.39, 0.29) is 17.9 Å². The first-order valence-corrected chi connectivity index (χ1v) is 8.76. The number of carbonyl (C=O) groups is 2. The summed E-state index contributed by atoms with van der Waals surface area (Å²) in [5, 5.41) is 0. The Morgan fingerprint density at radius 1 is 1.08 bits per heavy atom. The van der Waals surface area contributed by atoms with Gasteiger partial charge in [-0.15, -0.1) is 0 Å². The van der Waals surface area contributed by atoms with Crippen molar-refractivity contribution in [1.29, 1.82) is 0 Å². The zero-order valence-electron chi connectivity index (χ0n) is 14.6. The minimum absolute atomic E-state index is 0.0248. The average Bonchev–Trinajstić information content (AvgIpc) is 3.19. The number of hydrogen-bond acceptors (Lipinski definition) is 5. The molecule has 25 heavy (non-hydrogen) atoms. The largest absolute Gasteiger partial charge is 0.465 e. The average molecular weight is 347 g/mol. The van der Waals surface area contributed by atoms with Gasteiger partial charge in [0, 0.05) is 45.3 Å². The van der Waals surface area contributed by atoms with Gasteiger partial charge in [-0.3, -0.25) is 14.5 Å². The lowest BCUT2D eigenvalue weighted by Gasteiger charge is -2.39. The van der Waals surface area contributed by atoms with E-state index < -0.39 is 0 Å². The van der Waals surface area contributed by atoms with Gasteiger partial charge in [-0.25, -0.2) is 0 Å². The fraction of sp³-hybridized carbons (Fsp3) is 0.556. The van der Waals surface area contributed by atoms with Gasteiger partial charge < -0.3 is 19.0 Å². The molecule has 0 N–H and O–H groups in total. The molecule has 0 aliphatic carbocycles. The molecule has 0 radical (unpaired) electrons. The summed E-state index contributed by atoms with van der Waals surface area (Å²) in [6.45, 7) is 7.18. The topological polar surface area (TPSA) is 66.2 Å². The van der Waals surface area contributed by atoms with E-state index in [9.17, 15) is 9.59 Å². The number of furan rings is 1. The molecule has 2 fully saturated rings. The highest BCUT2D eigenvalue weighted by Crippen LogP contribution is 2.11. The summed E-state index contributed by atoms with van der Waals surface area (Å²) in [5.74, 6) is 0.792. The van der Waals surface area contributed by atoms with Crippen LogP contribution in [-0.2, 0) is 14.3 Å². The normalized spacial score (nSPS) is 20.8. The Labute approximate surface area is 147 Å². The molecule has 3 heterocycles. The van der Waals surface area contributed by atoms with Crippen molar-refractivity contribution in [3.63, 3.8) is 0 Å². The molecule has 2 aliphatic rings. The Morgan fingerprint density at radius 3 is 2.44 bits per heavy atom. The fourth-order valence-corrected chi connectivity index (χ4v) is 3.18. The van der Waals surface area contributed by atoms with Crippen molar-refractivity contribution in [2.24, 2.45) is 0 Å². The van der Waals surface area contributed by atoms with Crippen LogP contribution in [-0.4, -0.2) is 85.0 Å². The molecule has 7 nitrogen and oxygen atoms in total. The van der Waals surface area contributed by atoms with E-state index in [4.69, 9.17) is 9.15 Å². The summed E-state index contributed by atoms with van der Waals surface area (Å²) in [4.78, 5) is 30.6. The number of amides is 2. The van der Waals surface area contributed by atoms with E-state index in [0.717, 1.165) is 0 Å². The van der Waals surface area contributed by atoms with Crippen LogP contribution in [0.25, 0.3) is 6.08 Å². The Kier molecular flexibility index (Phi) is 5.88. The monoisotopic (exact) mass is 347 g/mol. The predicted molar refractivity (Wildman–Crippen MR) is 92.8 cm³/mol. The second kappa shape index (κ2) is 8.31. The van der Waals surface area contributed by atoms with Gasteiger partial charge in [-0.05, 0) is 25.1 Å². The van der Waals surface area contributed by atoms with Crippen LogP contribution in [0.4, 0.5) is 0 Å². The predicted octanol–water partition coefficient (Wildman–Crippen LogP) is 0.684. The van der Waals surface area contributed by atoms with E-state index in [1.54, 1.807) is 24.5 Å². The van der Waals surface area contributed by atoms with E-state index in [2.05, 4.69) is 4.90 Å². The summed E-state index contributed by atoms with van der Waals surface area (Å²) in [5.41, 5.74) is 0. The number of carbonyl (C=O) groups excluding carboxylic acids is 2. The SMILES string of the molecule is C[C@@H](C(=O)N1CCOCC1)N1CCN(C(=O)/C=C\c2ccco2)CC1. The van der Waals surface area contributed by atoms with Crippen LogP contribution in [0.3, 0.4) is 0 Å². The van der Waals surface area contributed by atoms with Crippen molar-refractivity contribution in [2.45, 2.75) is 13.0 Å². The zero-order chi connectivity index (χ0) is 17.6. The van der Waals surface area contributed by atoms with Gasteiger partial charge in [0.15, 0.2) is 0 Å². The second-order valence-electron chi connectivity index (χ2n) is 6.32. The molecule has 1 aromatic heterocycles. The summed E-state index contributed by atoms with van der Waals surface area (Å²) in [7, 11) is 0. The minimum atomic E-state index is -0.158. The van der Waals surface area contributed by atoms with Crippen molar-refractivity contribution in [1.82, 2.24) is 14.7 Å². The maximum absolute atomic E-state index is 12.6. The van der Waals surface area contributed by atoms with Gasteiger partial charge in [0.05, 0.1) is 25.5 Å². The van der Waals surface area contributed by atoms with E-state index in [1.807, 2.05) is 16.7 Å². The number of morpholine rings is 1. The summed E-state index contributed by atoms with van der Waals surface area (Å²) >= 11 is 0. The van der Waals surface area contributed by atoms with E-state index in [0.29, 0.717) is 58.2 Å². The molecule has 0 spiro atoms. The molecular formula is C18H25N3O4. The first kappa shape index (κ1) is 17.7. The van der Waals surface area contributed by atoms with Crippen molar-refractivity contribution >= 4 is 17.9 Å². The van der Waals surface area contributed by atoms with Crippen molar-refractivity contribution in [2.75, 3.05) is 52.5 Å². The smallest absolute Gasteiger partial charge is 0.246 e. The molecule has 0 saturated carbocycles. The van der Waals surface area contributed by atoms with Gasteiger partial charge in [-0.2, -0.15) is 0 Å². The summed E-state index contributed by atoms with van der Waals surface area (Å²) in [6, 6.07) is 3.44. The maximum atomic E-state index is 12.6. The fourth-order valence-electron chi connectivity index (χ4n) is 3.18. The second-order valence-corrected chi connectivity index (χ2v) is 6.32. The van der Waals surface area contributed by atoms with Gasteiger partial charge in [0.25, 0.3) is 0 Å². The molecule has 7 heteroatoms. The lowest BCUT2D eigenvalue weighted by molar-refractivity contribution is -0.141. The lowest BCUT2D eigenvalue weighted by atomic mass is 10.2. The molecule has 3 rings (SSSR count). The lowest BCUT2D eigenvalue weighted by Crippen LogP contribution is -2.56. The molecule has 2 saturated heterocycles. The van der Waals surface area contributed by atoms with Gasteiger partial charge in [0.1, 0.15) is 5.76 Å². The highest BCUT2D eigenvalue weighted by molar-refractivity contribution is 5.91. The van der Waals surface area contributed by atoms with Crippen LogP contribution >= 0.6 is 0 Å².